The highest BCUT2D eigenvalue weighted by Crippen LogP contribution is 2.54. The van der Waals surface area contributed by atoms with Gasteiger partial charge in [0, 0.05) is 41.5 Å². The summed E-state index contributed by atoms with van der Waals surface area (Å²) in [5.74, 6) is 2.03. The number of pyridine rings is 2. The van der Waals surface area contributed by atoms with Crippen molar-refractivity contribution >= 4 is 32.8 Å². The highest BCUT2D eigenvalue weighted by molar-refractivity contribution is 6.02. The Morgan fingerprint density at radius 1 is 0.929 bits per heavy atom. The minimum absolute atomic E-state index is 0.430. The molecule has 3 heterocycles. The van der Waals surface area contributed by atoms with Crippen LogP contribution in [0.1, 0.15) is 35.3 Å². The van der Waals surface area contributed by atoms with Crippen molar-refractivity contribution in [2.45, 2.75) is 25.2 Å². The lowest BCUT2D eigenvalue weighted by molar-refractivity contribution is 0.800. The molecule has 28 heavy (non-hydrogen) atoms. The lowest BCUT2D eigenvalue weighted by Crippen LogP contribution is -1.97. The maximum Gasteiger partial charge on any atom is 0.113 e. The molecule has 0 spiro atoms. The molecule has 2 unspecified atom stereocenters. The highest BCUT2D eigenvalue weighted by atomic mass is 15.1. The number of aromatic nitrogens is 4. The summed E-state index contributed by atoms with van der Waals surface area (Å²) in [6, 6.07) is 19.2. The summed E-state index contributed by atoms with van der Waals surface area (Å²) in [6.07, 6.45) is 2.94. The van der Waals surface area contributed by atoms with E-state index in [0.717, 1.165) is 34.2 Å². The van der Waals surface area contributed by atoms with Gasteiger partial charge in [-0.2, -0.15) is 0 Å². The van der Waals surface area contributed by atoms with Crippen LogP contribution in [-0.2, 0) is 7.05 Å². The molecule has 6 rings (SSSR count). The normalized spacial score (nSPS) is 18.9. The van der Waals surface area contributed by atoms with Crippen molar-refractivity contribution in [2.24, 2.45) is 7.05 Å². The molecule has 0 amide bonds. The van der Waals surface area contributed by atoms with E-state index in [4.69, 9.17) is 9.97 Å². The maximum atomic E-state index is 5.05. The molecule has 3 aromatic heterocycles. The molecule has 136 valence electrons. The van der Waals surface area contributed by atoms with Crippen LogP contribution in [0.5, 0.6) is 0 Å². The fraction of sp³-hybridized carbons (Fsp3) is 0.208. The lowest BCUT2D eigenvalue weighted by Gasteiger charge is -2.04. The molecular formula is C24H20N4. The first-order valence-electron chi connectivity index (χ1n) is 9.76. The van der Waals surface area contributed by atoms with Crippen molar-refractivity contribution < 1.29 is 0 Å². The van der Waals surface area contributed by atoms with Gasteiger partial charge in [-0.3, -0.25) is 9.97 Å². The average molecular weight is 364 g/mol. The molecule has 1 saturated carbocycles. The standard InChI is InChI=1S/C24H20N4/c1-14-5-6-15-7-8-20(26-21(15)12-14)17-13-18(17)24-27-23-16-4-3-11-25-19(16)9-10-22(23)28(24)2/h3-12,17-18H,13H2,1-2H3. The Labute approximate surface area is 162 Å². The van der Waals surface area contributed by atoms with Gasteiger partial charge in [0.2, 0.25) is 0 Å². The van der Waals surface area contributed by atoms with E-state index in [1.165, 1.54) is 22.2 Å². The largest absolute Gasteiger partial charge is 0.331 e. The third kappa shape index (κ3) is 2.27. The molecule has 0 saturated heterocycles. The molecule has 1 aliphatic rings. The van der Waals surface area contributed by atoms with Crippen LogP contribution < -0.4 is 0 Å². The Balaban J connectivity index is 1.42. The number of nitrogens with zero attached hydrogens (tertiary/aromatic N) is 4. The molecule has 1 aliphatic carbocycles. The van der Waals surface area contributed by atoms with Crippen LogP contribution in [0.15, 0.2) is 60.8 Å². The topological polar surface area (TPSA) is 43.6 Å². The number of aryl methyl sites for hydroxylation is 2. The van der Waals surface area contributed by atoms with Crippen molar-refractivity contribution in [1.29, 1.82) is 0 Å². The molecule has 2 atom stereocenters. The fourth-order valence-electron chi connectivity index (χ4n) is 4.41. The van der Waals surface area contributed by atoms with E-state index in [9.17, 15) is 0 Å². The highest BCUT2D eigenvalue weighted by Gasteiger charge is 2.43. The Morgan fingerprint density at radius 2 is 1.82 bits per heavy atom. The molecule has 0 bridgehead atoms. The number of hydrogen-bond acceptors (Lipinski definition) is 3. The second-order valence-electron chi connectivity index (χ2n) is 7.91. The predicted octanol–water partition coefficient (Wildman–Crippen LogP) is 5.25. The zero-order valence-corrected chi connectivity index (χ0v) is 15.9. The molecular weight excluding hydrogens is 344 g/mol. The van der Waals surface area contributed by atoms with E-state index >= 15 is 0 Å². The first-order chi connectivity index (χ1) is 13.7. The summed E-state index contributed by atoms with van der Waals surface area (Å²) < 4.78 is 2.25. The summed E-state index contributed by atoms with van der Waals surface area (Å²) in [5.41, 5.74) is 6.74. The number of imidazole rings is 1. The van der Waals surface area contributed by atoms with Gasteiger partial charge in [-0.1, -0.05) is 18.2 Å². The Morgan fingerprint density at radius 3 is 2.75 bits per heavy atom. The molecule has 0 N–H and O–H groups in total. The van der Waals surface area contributed by atoms with Crippen LogP contribution in [0.3, 0.4) is 0 Å². The van der Waals surface area contributed by atoms with E-state index in [1.54, 1.807) is 0 Å². The number of benzene rings is 2. The fourth-order valence-corrected chi connectivity index (χ4v) is 4.41. The zero-order valence-electron chi connectivity index (χ0n) is 15.9. The third-order valence-electron chi connectivity index (χ3n) is 6.04. The average Bonchev–Trinajstić information content (AvgIpc) is 3.44. The van der Waals surface area contributed by atoms with Crippen LogP contribution in [0.25, 0.3) is 32.8 Å². The Bertz CT molecular complexity index is 1380. The van der Waals surface area contributed by atoms with Gasteiger partial charge in [0.1, 0.15) is 5.82 Å². The Kier molecular flexibility index (Phi) is 3.16. The van der Waals surface area contributed by atoms with Gasteiger partial charge < -0.3 is 4.57 Å². The minimum atomic E-state index is 0.430. The molecule has 0 radical (unpaired) electrons. The quantitative estimate of drug-likeness (QED) is 0.430. The first kappa shape index (κ1) is 15.8. The van der Waals surface area contributed by atoms with Gasteiger partial charge in [-0.15, -0.1) is 0 Å². The van der Waals surface area contributed by atoms with Gasteiger partial charge >= 0.3 is 0 Å². The predicted molar refractivity (Wildman–Crippen MR) is 113 cm³/mol. The van der Waals surface area contributed by atoms with Crippen molar-refractivity contribution in [3.8, 4) is 0 Å². The molecule has 1 fully saturated rings. The molecule has 0 aliphatic heterocycles. The molecule has 4 nitrogen and oxygen atoms in total. The van der Waals surface area contributed by atoms with Crippen LogP contribution in [-0.4, -0.2) is 19.5 Å². The summed E-state index contributed by atoms with van der Waals surface area (Å²) in [6.45, 7) is 2.12. The van der Waals surface area contributed by atoms with Gasteiger partial charge in [0.15, 0.2) is 0 Å². The van der Waals surface area contributed by atoms with Crippen molar-refractivity contribution in [3.63, 3.8) is 0 Å². The van der Waals surface area contributed by atoms with E-state index in [2.05, 4.69) is 72.1 Å². The molecule has 2 aromatic carbocycles. The van der Waals surface area contributed by atoms with Gasteiger partial charge in [-0.05, 0) is 55.3 Å². The molecule has 5 aromatic rings. The van der Waals surface area contributed by atoms with Gasteiger partial charge in [0.05, 0.1) is 22.1 Å². The third-order valence-corrected chi connectivity index (χ3v) is 6.04. The Hall–Kier alpha value is -3.27. The SMILES string of the molecule is Cc1ccc2ccc(C3CC3c3nc4c5cccnc5ccc4n3C)nc2c1. The van der Waals surface area contributed by atoms with Crippen LogP contribution >= 0.6 is 0 Å². The smallest absolute Gasteiger partial charge is 0.113 e. The lowest BCUT2D eigenvalue weighted by atomic mass is 10.1. The number of rotatable bonds is 2. The van der Waals surface area contributed by atoms with Gasteiger partial charge in [-0.25, -0.2) is 4.98 Å². The minimum Gasteiger partial charge on any atom is -0.331 e. The van der Waals surface area contributed by atoms with Crippen LogP contribution in [0.4, 0.5) is 0 Å². The second kappa shape index (κ2) is 5.61. The van der Waals surface area contributed by atoms with Crippen LogP contribution in [0.2, 0.25) is 0 Å². The van der Waals surface area contributed by atoms with Crippen molar-refractivity contribution in [2.75, 3.05) is 0 Å². The first-order valence-corrected chi connectivity index (χ1v) is 9.76. The summed E-state index contributed by atoms with van der Waals surface area (Å²) >= 11 is 0. The zero-order chi connectivity index (χ0) is 18.8. The van der Waals surface area contributed by atoms with E-state index in [1.807, 2.05) is 12.3 Å². The maximum absolute atomic E-state index is 5.05. The van der Waals surface area contributed by atoms with Crippen molar-refractivity contribution in [1.82, 2.24) is 19.5 Å². The monoisotopic (exact) mass is 364 g/mol. The second-order valence-corrected chi connectivity index (χ2v) is 7.91. The number of fused-ring (bicyclic) bond motifs is 4. The summed E-state index contributed by atoms with van der Waals surface area (Å²) in [5, 5.41) is 2.33. The summed E-state index contributed by atoms with van der Waals surface area (Å²) in [4.78, 5) is 14.5. The van der Waals surface area contributed by atoms with Crippen LogP contribution in [0, 0.1) is 6.92 Å². The number of hydrogen-bond donors (Lipinski definition) is 0. The van der Waals surface area contributed by atoms with Gasteiger partial charge in [0.25, 0.3) is 0 Å². The summed E-state index contributed by atoms with van der Waals surface area (Å²) in [7, 11) is 2.12. The van der Waals surface area contributed by atoms with Crippen molar-refractivity contribution in [3.05, 3.63) is 77.9 Å². The van der Waals surface area contributed by atoms with E-state index in [-0.39, 0.29) is 0 Å². The van der Waals surface area contributed by atoms with E-state index < -0.39 is 0 Å². The molecule has 4 heteroatoms. The van der Waals surface area contributed by atoms with E-state index in [0.29, 0.717) is 11.8 Å².